The van der Waals surface area contributed by atoms with Crippen LogP contribution in [-0.4, -0.2) is 19.5 Å². The molecule has 100 valence electrons. The standard InChI is InChI=1S/C14H19N5/c1-3-4-11-16-7-8-19(11)14-9(2)12(15)17-13(18-14)10-5-6-10/h7-8,10H,3-6H2,1-2H3,(H2,15,17,18). The first-order valence-electron chi connectivity index (χ1n) is 6.87. The van der Waals surface area contributed by atoms with Gasteiger partial charge < -0.3 is 5.73 Å². The predicted molar refractivity (Wildman–Crippen MR) is 74.3 cm³/mol. The van der Waals surface area contributed by atoms with Crippen LogP contribution in [0.2, 0.25) is 0 Å². The molecule has 0 saturated heterocycles. The normalized spacial score (nSPS) is 14.8. The van der Waals surface area contributed by atoms with Gasteiger partial charge in [0.05, 0.1) is 0 Å². The molecule has 0 aliphatic heterocycles. The summed E-state index contributed by atoms with van der Waals surface area (Å²) in [7, 11) is 0. The third kappa shape index (κ3) is 2.20. The van der Waals surface area contributed by atoms with Crippen LogP contribution in [0.15, 0.2) is 12.4 Å². The van der Waals surface area contributed by atoms with Crippen molar-refractivity contribution in [1.29, 1.82) is 0 Å². The van der Waals surface area contributed by atoms with Crippen molar-refractivity contribution in [2.45, 2.75) is 45.4 Å². The van der Waals surface area contributed by atoms with E-state index < -0.39 is 0 Å². The molecular formula is C14H19N5. The minimum Gasteiger partial charge on any atom is -0.383 e. The van der Waals surface area contributed by atoms with Crippen molar-refractivity contribution in [3.05, 3.63) is 29.6 Å². The van der Waals surface area contributed by atoms with Crippen LogP contribution in [0.25, 0.3) is 5.82 Å². The molecule has 0 amide bonds. The fraction of sp³-hybridized carbons (Fsp3) is 0.500. The summed E-state index contributed by atoms with van der Waals surface area (Å²) < 4.78 is 2.04. The molecule has 2 aromatic heterocycles. The second kappa shape index (κ2) is 4.64. The molecule has 1 saturated carbocycles. The second-order valence-electron chi connectivity index (χ2n) is 5.15. The molecule has 0 spiro atoms. The summed E-state index contributed by atoms with van der Waals surface area (Å²) in [4.78, 5) is 13.5. The third-order valence-corrected chi connectivity index (χ3v) is 3.54. The largest absolute Gasteiger partial charge is 0.383 e. The van der Waals surface area contributed by atoms with E-state index in [1.165, 1.54) is 12.8 Å². The average molecular weight is 257 g/mol. The van der Waals surface area contributed by atoms with Crippen molar-refractivity contribution >= 4 is 5.82 Å². The Bertz CT molecular complexity index is 598. The first kappa shape index (κ1) is 12.1. The summed E-state index contributed by atoms with van der Waals surface area (Å²) in [6.45, 7) is 4.12. The minimum atomic E-state index is 0.500. The molecule has 1 aliphatic rings. The first-order valence-corrected chi connectivity index (χ1v) is 6.87. The Hall–Kier alpha value is -1.91. The Morgan fingerprint density at radius 1 is 1.37 bits per heavy atom. The second-order valence-corrected chi connectivity index (χ2v) is 5.15. The van der Waals surface area contributed by atoms with Gasteiger partial charge >= 0.3 is 0 Å². The molecule has 2 heterocycles. The number of nitrogen functional groups attached to an aromatic ring is 1. The summed E-state index contributed by atoms with van der Waals surface area (Å²) in [6, 6.07) is 0. The van der Waals surface area contributed by atoms with Crippen LogP contribution < -0.4 is 5.73 Å². The summed E-state index contributed by atoms with van der Waals surface area (Å²) >= 11 is 0. The number of rotatable bonds is 4. The Balaban J connectivity index is 2.09. The van der Waals surface area contributed by atoms with Crippen molar-refractivity contribution in [3.8, 4) is 5.82 Å². The van der Waals surface area contributed by atoms with Crippen molar-refractivity contribution in [2.75, 3.05) is 5.73 Å². The van der Waals surface area contributed by atoms with Crippen molar-refractivity contribution in [1.82, 2.24) is 19.5 Å². The maximum absolute atomic E-state index is 6.03. The van der Waals surface area contributed by atoms with Crippen LogP contribution >= 0.6 is 0 Å². The van der Waals surface area contributed by atoms with Gasteiger partial charge in [0.15, 0.2) is 0 Å². The number of aryl methyl sites for hydroxylation is 1. The Morgan fingerprint density at radius 3 is 2.84 bits per heavy atom. The van der Waals surface area contributed by atoms with E-state index in [0.717, 1.165) is 35.9 Å². The topological polar surface area (TPSA) is 69.6 Å². The molecule has 2 aromatic rings. The predicted octanol–water partition coefficient (Wildman–Crippen LogP) is 2.38. The van der Waals surface area contributed by atoms with Gasteiger partial charge in [-0.05, 0) is 26.2 Å². The van der Waals surface area contributed by atoms with Gasteiger partial charge in [-0.15, -0.1) is 0 Å². The van der Waals surface area contributed by atoms with E-state index in [1.807, 2.05) is 23.9 Å². The molecule has 0 radical (unpaired) electrons. The molecule has 5 nitrogen and oxygen atoms in total. The van der Waals surface area contributed by atoms with Gasteiger partial charge in [-0.2, -0.15) is 0 Å². The molecule has 2 N–H and O–H groups in total. The molecule has 1 fully saturated rings. The van der Waals surface area contributed by atoms with Crippen LogP contribution in [0.5, 0.6) is 0 Å². The molecule has 0 unspecified atom stereocenters. The van der Waals surface area contributed by atoms with Crippen LogP contribution in [0.1, 0.15) is 49.3 Å². The zero-order valence-corrected chi connectivity index (χ0v) is 11.4. The fourth-order valence-corrected chi connectivity index (χ4v) is 2.23. The maximum Gasteiger partial charge on any atom is 0.146 e. The molecular weight excluding hydrogens is 238 g/mol. The SMILES string of the molecule is CCCc1nccn1-c1nc(C2CC2)nc(N)c1C. The molecule has 1 aliphatic carbocycles. The van der Waals surface area contributed by atoms with Gasteiger partial charge in [0.25, 0.3) is 0 Å². The van der Waals surface area contributed by atoms with Crippen LogP contribution in [0.3, 0.4) is 0 Å². The van der Waals surface area contributed by atoms with E-state index in [-0.39, 0.29) is 0 Å². The van der Waals surface area contributed by atoms with Gasteiger partial charge in [0, 0.05) is 30.3 Å². The smallest absolute Gasteiger partial charge is 0.146 e. The third-order valence-electron chi connectivity index (χ3n) is 3.54. The quantitative estimate of drug-likeness (QED) is 0.913. The Kier molecular flexibility index (Phi) is 2.97. The van der Waals surface area contributed by atoms with Gasteiger partial charge in [0.1, 0.15) is 23.3 Å². The number of nitrogens with two attached hydrogens (primary N) is 1. The van der Waals surface area contributed by atoms with E-state index in [0.29, 0.717) is 11.7 Å². The Labute approximate surface area is 112 Å². The summed E-state index contributed by atoms with van der Waals surface area (Å²) in [6.07, 6.45) is 8.12. The number of hydrogen-bond donors (Lipinski definition) is 1. The zero-order chi connectivity index (χ0) is 13.4. The van der Waals surface area contributed by atoms with Crippen LogP contribution in [-0.2, 0) is 6.42 Å². The first-order chi connectivity index (χ1) is 9.20. The lowest BCUT2D eigenvalue weighted by Crippen LogP contribution is -2.10. The number of anilines is 1. The van der Waals surface area contributed by atoms with Crippen molar-refractivity contribution in [3.63, 3.8) is 0 Å². The highest BCUT2D eigenvalue weighted by atomic mass is 15.1. The zero-order valence-electron chi connectivity index (χ0n) is 11.4. The number of nitrogens with zero attached hydrogens (tertiary/aromatic N) is 4. The van der Waals surface area contributed by atoms with Crippen molar-refractivity contribution in [2.24, 2.45) is 0 Å². The fourth-order valence-electron chi connectivity index (χ4n) is 2.23. The summed E-state index contributed by atoms with van der Waals surface area (Å²) in [5.41, 5.74) is 6.96. The molecule has 3 rings (SSSR count). The highest BCUT2D eigenvalue weighted by molar-refractivity contribution is 5.49. The monoisotopic (exact) mass is 257 g/mol. The lowest BCUT2D eigenvalue weighted by atomic mass is 10.2. The molecule has 0 atom stereocenters. The summed E-state index contributed by atoms with van der Waals surface area (Å²) in [5, 5.41) is 0. The van der Waals surface area contributed by atoms with E-state index in [1.54, 1.807) is 0 Å². The lowest BCUT2D eigenvalue weighted by Gasteiger charge is -2.12. The highest BCUT2D eigenvalue weighted by Crippen LogP contribution is 2.39. The lowest BCUT2D eigenvalue weighted by molar-refractivity contribution is 0.781. The highest BCUT2D eigenvalue weighted by Gasteiger charge is 2.28. The van der Waals surface area contributed by atoms with Crippen LogP contribution in [0.4, 0.5) is 5.82 Å². The van der Waals surface area contributed by atoms with E-state index in [4.69, 9.17) is 10.7 Å². The van der Waals surface area contributed by atoms with Gasteiger partial charge in [-0.25, -0.2) is 15.0 Å². The molecule has 19 heavy (non-hydrogen) atoms. The Morgan fingerprint density at radius 2 is 2.16 bits per heavy atom. The van der Waals surface area contributed by atoms with E-state index in [9.17, 15) is 0 Å². The number of hydrogen-bond acceptors (Lipinski definition) is 4. The molecule has 0 bridgehead atoms. The minimum absolute atomic E-state index is 0.500. The van der Waals surface area contributed by atoms with Gasteiger partial charge in [0.2, 0.25) is 0 Å². The number of imidazole rings is 1. The van der Waals surface area contributed by atoms with Crippen molar-refractivity contribution < 1.29 is 0 Å². The molecule has 5 heteroatoms. The van der Waals surface area contributed by atoms with E-state index in [2.05, 4.69) is 16.9 Å². The maximum atomic E-state index is 6.03. The average Bonchev–Trinajstić information content (AvgIpc) is 3.14. The summed E-state index contributed by atoms with van der Waals surface area (Å²) in [5.74, 6) is 3.89. The van der Waals surface area contributed by atoms with Gasteiger partial charge in [-0.1, -0.05) is 6.92 Å². The van der Waals surface area contributed by atoms with Crippen LogP contribution in [0, 0.1) is 6.92 Å². The molecule has 0 aromatic carbocycles. The van der Waals surface area contributed by atoms with E-state index >= 15 is 0 Å². The number of aromatic nitrogens is 4. The van der Waals surface area contributed by atoms with Gasteiger partial charge in [-0.3, -0.25) is 4.57 Å².